The maximum absolute atomic E-state index is 12.9. The van der Waals surface area contributed by atoms with E-state index in [2.05, 4.69) is 10.3 Å². The van der Waals surface area contributed by atoms with E-state index in [1.165, 1.54) is 30.3 Å². The van der Waals surface area contributed by atoms with Crippen molar-refractivity contribution in [1.82, 2.24) is 4.98 Å². The van der Waals surface area contributed by atoms with Gasteiger partial charge in [0.05, 0.1) is 0 Å². The van der Waals surface area contributed by atoms with Crippen molar-refractivity contribution < 1.29 is 13.6 Å². The first-order valence-electron chi connectivity index (χ1n) is 5.26. The number of amides is 1. The van der Waals surface area contributed by atoms with E-state index in [0.29, 0.717) is 11.3 Å². The number of carbonyl (C=O) groups is 1. The number of benzene rings is 1. The van der Waals surface area contributed by atoms with Gasteiger partial charge in [0.25, 0.3) is 5.91 Å². The van der Waals surface area contributed by atoms with Crippen LogP contribution in [-0.2, 0) is 0 Å². The fourth-order valence-corrected chi connectivity index (χ4v) is 1.49. The molecule has 0 unspecified atom stereocenters. The first kappa shape index (κ1) is 12.2. The van der Waals surface area contributed by atoms with E-state index in [4.69, 9.17) is 0 Å². The van der Waals surface area contributed by atoms with Gasteiger partial charge in [-0.1, -0.05) is 6.07 Å². The molecule has 1 N–H and O–H groups in total. The van der Waals surface area contributed by atoms with Gasteiger partial charge in [-0.3, -0.25) is 4.79 Å². The number of hydrogen-bond acceptors (Lipinski definition) is 2. The molecule has 2 rings (SSSR count). The SMILES string of the molecule is Cc1cc(F)ccc1NC(=O)c1cccc(F)n1. The molecule has 0 aliphatic rings. The van der Waals surface area contributed by atoms with Crippen molar-refractivity contribution in [3.05, 3.63) is 59.4 Å². The molecule has 92 valence electrons. The third-order valence-corrected chi connectivity index (χ3v) is 2.38. The molecule has 0 aliphatic heterocycles. The Hall–Kier alpha value is -2.30. The lowest BCUT2D eigenvalue weighted by molar-refractivity contribution is 0.102. The molecule has 0 atom stereocenters. The van der Waals surface area contributed by atoms with Gasteiger partial charge in [-0.05, 0) is 42.8 Å². The molecule has 5 heteroatoms. The number of anilines is 1. The zero-order valence-corrected chi connectivity index (χ0v) is 9.58. The molecule has 1 aromatic heterocycles. The highest BCUT2D eigenvalue weighted by molar-refractivity contribution is 6.03. The van der Waals surface area contributed by atoms with Gasteiger partial charge < -0.3 is 5.32 Å². The van der Waals surface area contributed by atoms with Crippen LogP contribution in [0.2, 0.25) is 0 Å². The van der Waals surface area contributed by atoms with Crippen LogP contribution in [0.1, 0.15) is 16.1 Å². The van der Waals surface area contributed by atoms with Crippen molar-refractivity contribution >= 4 is 11.6 Å². The average Bonchev–Trinajstić information content (AvgIpc) is 2.32. The van der Waals surface area contributed by atoms with Crippen LogP contribution in [0.3, 0.4) is 0 Å². The Balaban J connectivity index is 2.21. The van der Waals surface area contributed by atoms with Gasteiger partial charge in [0, 0.05) is 5.69 Å². The molecular formula is C13H10F2N2O. The van der Waals surface area contributed by atoms with Gasteiger partial charge in [-0.2, -0.15) is 4.39 Å². The lowest BCUT2D eigenvalue weighted by Gasteiger charge is -2.07. The Morgan fingerprint density at radius 1 is 1.22 bits per heavy atom. The number of aromatic nitrogens is 1. The molecule has 0 aliphatic carbocycles. The molecule has 1 heterocycles. The van der Waals surface area contributed by atoms with Crippen molar-refractivity contribution in [2.75, 3.05) is 5.32 Å². The van der Waals surface area contributed by atoms with Crippen LogP contribution >= 0.6 is 0 Å². The number of halogens is 2. The monoisotopic (exact) mass is 248 g/mol. The first-order chi connectivity index (χ1) is 8.56. The second-order valence-electron chi connectivity index (χ2n) is 3.76. The highest BCUT2D eigenvalue weighted by atomic mass is 19.1. The topological polar surface area (TPSA) is 42.0 Å². The van der Waals surface area contributed by atoms with Gasteiger partial charge in [-0.25, -0.2) is 9.37 Å². The van der Waals surface area contributed by atoms with Crippen LogP contribution in [0.4, 0.5) is 14.5 Å². The molecule has 0 spiro atoms. The molecule has 0 saturated carbocycles. The van der Waals surface area contributed by atoms with Crippen LogP contribution in [0.25, 0.3) is 0 Å². The van der Waals surface area contributed by atoms with Crippen molar-refractivity contribution in [2.24, 2.45) is 0 Å². The molecule has 1 amide bonds. The lowest BCUT2D eigenvalue weighted by Crippen LogP contribution is -2.14. The van der Waals surface area contributed by atoms with Gasteiger partial charge in [0.15, 0.2) is 0 Å². The molecule has 0 radical (unpaired) electrons. The molecule has 1 aromatic carbocycles. The number of carbonyl (C=O) groups excluding carboxylic acids is 1. The van der Waals surface area contributed by atoms with E-state index in [-0.39, 0.29) is 11.5 Å². The molecule has 18 heavy (non-hydrogen) atoms. The van der Waals surface area contributed by atoms with Crippen molar-refractivity contribution in [2.45, 2.75) is 6.92 Å². The summed E-state index contributed by atoms with van der Waals surface area (Å²) in [5.74, 6) is -1.64. The number of hydrogen-bond donors (Lipinski definition) is 1. The van der Waals surface area contributed by atoms with Crippen molar-refractivity contribution in [3.8, 4) is 0 Å². The fraction of sp³-hybridized carbons (Fsp3) is 0.0769. The molecule has 3 nitrogen and oxygen atoms in total. The highest BCUT2D eigenvalue weighted by Crippen LogP contribution is 2.16. The van der Waals surface area contributed by atoms with Crippen molar-refractivity contribution in [3.63, 3.8) is 0 Å². The summed E-state index contributed by atoms with van der Waals surface area (Å²) in [5.41, 5.74) is 1.02. The van der Waals surface area contributed by atoms with E-state index in [0.717, 1.165) is 6.07 Å². The van der Waals surface area contributed by atoms with Crippen molar-refractivity contribution in [1.29, 1.82) is 0 Å². The number of aryl methyl sites for hydroxylation is 1. The number of pyridine rings is 1. The van der Waals surface area contributed by atoms with Gasteiger partial charge in [-0.15, -0.1) is 0 Å². The zero-order valence-electron chi connectivity index (χ0n) is 9.58. The van der Waals surface area contributed by atoms with Gasteiger partial charge in [0.1, 0.15) is 11.5 Å². The normalized spacial score (nSPS) is 10.2. The lowest BCUT2D eigenvalue weighted by atomic mass is 10.2. The van der Waals surface area contributed by atoms with Gasteiger partial charge >= 0.3 is 0 Å². The smallest absolute Gasteiger partial charge is 0.274 e. The second-order valence-corrected chi connectivity index (χ2v) is 3.76. The largest absolute Gasteiger partial charge is 0.320 e. The van der Waals surface area contributed by atoms with E-state index >= 15 is 0 Å². The Morgan fingerprint density at radius 3 is 2.67 bits per heavy atom. The number of rotatable bonds is 2. The van der Waals surface area contributed by atoms with Crippen LogP contribution in [-0.4, -0.2) is 10.9 Å². The summed E-state index contributed by atoms with van der Waals surface area (Å²) < 4.78 is 25.7. The van der Waals surface area contributed by atoms with E-state index in [9.17, 15) is 13.6 Å². The highest BCUT2D eigenvalue weighted by Gasteiger charge is 2.10. The van der Waals surface area contributed by atoms with E-state index < -0.39 is 11.9 Å². The van der Waals surface area contributed by atoms with E-state index in [1.807, 2.05) is 0 Å². The molecule has 0 fully saturated rings. The molecule has 0 bridgehead atoms. The minimum absolute atomic E-state index is 0.0290. The molecular weight excluding hydrogens is 238 g/mol. The second kappa shape index (κ2) is 4.91. The predicted molar refractivity (Wildman–Crippen MR) is 63.3 cm³/mol. The van der Waals surface area contributed by atoms with Crippen LogP contribution in [0, 0.1) is 18.7 Å². The fourth-order valence-electron chi connectivity index (χ4n) is 1.49. The van der Waals surface area contributed by atoms with Crippen LogP contribution in [0.15, 0.2) is 36.4 Å². The Labute approximate surface area is 102 Å². The Morgan fingerprint density at radius 2 is 2.00 bits per heavy atom. The standard InChI is InChI=1S/C13H10F2N2O/c1-8-7-9(14)5-6-10(8)17-13(18)11-3-2-4-12(15)16-11/h2-7H,1H3,(H,17,18). The molecule has 2 aromatic rings. The summed E-state index contributed by atoms with van der Waals surface area (Å²) in [6.07, 6.45) is 0. The zero-order chi connectivity index (χ0) is 13.1. The van der Waals surface area contributed by atoms with Crippen LogP contribution < -0.4 is 5.32 Å². The molecule has 0 saturated heterocycles. The number of nitrogens with one attached hydrogen (secondary N) is 1. The summed E-state index contributed by atoms with van der Waals surface area (Å²) >= 11 is 0. The first-order valence-corrected chi connectivity index (χ1v) is 5.26. The summed E-state index contributed by atoms with van der Waals surface area (Å²) in [5, 5.41) is 2.55. The maximum atomic E-state index is 12.9. The van der Waals surface area contributed by atoms with Gasteiger partial charge in [0.2, 0.25) is 5.95 Å². The summed E-state index contributed by atoms with van der Waals surface area (Å²) in [6, 6.07) is 7.93. The van der Waals surface area contributed by atoms with Crippen LogP contribution in [0.5, 0.6) is 0 Å². The quantitative estimate of drug-likeness (QED) is 0.830. The maximum Gasteiger partial charge on any atom is 0.274 e. The Kier molecular flexibility index (Phi) is 3.32. The third-order valence-electron chi connectivity index (χ3n) is 2.38. The minimum Gasteiger partial charge on any atom is -0.320 e. The third kappa shape index (κ3) is 2.68. The minimum atomic E-state index is -0.724. The summed E-state index contributed by atoms with van der Waals surface area (Å²) in [4.78, 5) is 15.2. The predicted octanol–water partition coefficient (Wildman–Crippen LogP) is 2.92. The summed E-state index contributed by atoms with van der Waals surface area (Å²) in [7, 11) is 0. The Bertz CT molecular complexity index is 599. The number of nitrogens with zero attached hydrogens (tertiary/aromatic N) is 1. The summed E-state index contributed by atoms with van der Waals surface area (Å²) in [6.45, 7) is 1.66. The average molecular weight is 248 g/mol. The van der Waals surface area contributed by atoms with E-state index in [1.54, 1.807) is 6.92 Å².